The Hall–Kier alpha value is -2.04. The highest BCUT2D eigenvalue weighted by Gasteiger charge is 2.20. The zero-order chi connectivity index (χ0) is 15.1. The molecule has 0 spiro atoms. The molecule has 1 atom stereocenters. The number of carboxylic acid groups (broad SMARTS) is 1. The molecule has 0 unspecified atom stereocenters. The molecule has 5 nitrogen and oxygen atoms in total. The number of urea groups is 1. The Morgan fingerprint density at radius 3 is 2.55 bits per heavy atom. The van der Waals surface area contributed by atoms with Crippen LogP contribution in [-0.2, 0) is 11.2 Å². The molecule has 0 heterocycles. The molecule has 2 amide bonds. The number of carboxylic acids is 1. The minimum Gasteiger partial charge on any atom is -0.480 e. The monoisotopic (exact) mass is 278 g/mol. The molecule has 1 rings (SSSR count). The van der Waals surface area contributed by atoms with Crippen LogP contribution in [0.1, 0.15) is 32.8 Å². The Labute approximate surface area is 119 Å². The van der Waals surface area contributed by atoms with Gasteiger partial charge in [-0.25, -0.2) is 9.59 Å². The number of amides is 2. The minimum absolute atomic E-state index is 0.194. The van der Waals surface area contributed by atoms with Crippen LogP contribution in [0.25, 0.3) is 0 Å². The maximum atomic E-state index is 11.8. The first kappa shape index (κ1) is 16.0. The Morgan fingerprint density at radius 2 is 2.00 bits per heavy atom. The molecule has 1 aromatic carbocycles. The van der Waals surface area contributed by atoms with E-state index in [4.69, 9.17) is 5.11 Å². The number of hydrogen-bond acceptors (Lipinski definition) is 2. The quantitative estimate of drug-likeness (QED) is 0.748. The summed E-state index contributed by atoms with van der Waals surface area (Å²) in [4.78, 5) is 22.9. The van der Waals surface area contributed by atoms with Crippen LogP contribution in [0.5, 0.6) is 0 Å². The molecule has 0 aliphatic rings. The fourth-order valence-electron chi connectivity index (χ4n) is 1.89. The first-order valence-corrected chi connectivity index (χ1v) is 6.81. The van der Waals surface area contributed by atoms with Gasteiger partial charge in [0.2, 0.25) is 0 Å². The van der Waals surface area contributed by atoms with Crippen LogP contribution in [0.4, 0.5) is 10.5 Å². The van der Waals surface area contributed by atoms with Gasteiger partial charge in [-0.15, -0.1) is 0 Å². The summed E-state index contributed by atoms with van der Waals surface area (Å²) in [5, 5.41) is 14.2. The fraction of sp³-hybridized carbons (Fsp3) is 0.467. The highest BCUT2D eigenvalue weighted by atomic mass is 16.4. The number of nitrogens with one attached hydrogen (secondary N) is 2. The summed E-state index contributed by atoms with van der Waals surface area (Å²) in [5.74, 6) is -0.823. The predicted octanol–water partition coefficient (Wildman–Crippen LogP) is 2.87. The van der Waals surface area contributed by atoms with Crippen molar-refractivity contribution in [2.24, 2.45) is 5.92 Å². The number of hydrogen-bond donors (Lipinski definition) is 3. The van der Waals surface area contributed by atoms with Gasteiger partial charge in [0, 0.05) is 5.69 Å². The Bertz CT molecular complexity index is 472. The van der Waals surface area contributed by atoms with Crippen LogP contribution in [0.3, 0.4) is 0 Å². The van der Waals surface area contributed by atoms with E-state index in [2.05, 4.69) is 10.6 Å². The van der Waals surface area contributed by atoms with Gasteiger partial charge >= 0.3 is 12.0 Å². The van der Waals surface area contributed by atoms with Gasteiger partial charge in [-0.1, -0.05) is 32.9 Å². The Morgan fingerprint density at radius 1 is 1.30 bits per heavy atom. The van der Waals surface area contributed by atoms with Crippen LogP contribution in [0.15, 0.2) is 24.3 Å². The number of aliphatic carboxylic acids is 1. The van der Waals surface area contributed by atoms with E-state index >= 15 is 0 Å². The van der Waals surface area contributed by atoms with Gasteiger partial charge in [-0.2, -0.15) is 0 Å². The second-order valence-corrected chi connectivity index (χ2v) is 5.17. The summed E-state index contributed by atoms with van der Waals surface area (Å²) in [7, 11) is 0. The SMILES string of the molecule is CCc1cccc(NC(=O)N[C@H](CC(C)C)C(=O)O)c1. The molecule has 0 saturated heterocycles. The maximum Gasteiger partial charge on any atom is 0.326 e. The average Bonchev–Trinajstić information content (AvgIpc) is 2.37. The first-order valence-electron chi connectivity index (χ1n) is 6.81. The topological polar surface area (TPSA) is 78.4 Å². The third-order valence-electron chi connectivity index (χ3n) is 2.90. The smallest absolute Gasteiger partial charge is 0.326 e. The molecule has 0 radical (unpaired) electrons. The van der Waals surface area contributed by atoms with Crippen molar-refractivity contribution in [1.29, 1.82) is 0 Å². The molecule has 0 aliphatic carbocycles. The molecule has 20 heavy (non-hydrogen) atoms. The molecule has 3 N–H and O–H groups in total. The third kappa shape index (κ3) is 5.30. The van der Waals surface area contributed by atoms with Crippen molar-refractivity contribution < 1.29 is 14.7 Å². The van der Waals surface area contributed by atoms with Crippen molar-refractivity contribution in [1.82, 2.24) is 5.32 Å². The molecule has 0 saturated carbocycles. The second-order valence-electron chi connectivity index (χ2n) is 5.17. The van der Waals surface area contributed by atoms with Gasteiger partial charge in [0.1, 0.15) is 6.04 Å². The molecule has 0 bridgehead atoms. The van der Waals surface area contributed by atoms with Crippen molar-refractivity contribution in [3.8, 4) is 0 Å². The van der Waals surface area contributed by atoms with Gasteiger partial charge in [-0.05, 0) is 36.5 Å². The molecular weight excluding hydrogens is 256 g/mol. The normalized spacial score (nSPS) is 12.0. The lowest BCUT2D eigenvalue weighted by molar-refractivity contribution is -0.139. The van der Waals surface area contributed by atoms with Crippen LogP contribution in [0, 0.1) is 5.92 Å². The van der Waals surface area contributed by atoms with E-state index in [-0.39, 0.29) is 5.92 Å². The average molecular weight is 278 g/mol. The summed E-state index contributed by atoms with van der Waals surface area (Å²) in [6.45, 7) is 5.86. The van der Waals surface area contributed by atoms with Crippen LogP contribution in [-0.4, -0.2) is 23.1 Å². The molecular formula is C15H22N2O3. The number of carbonyl (C=O) groups excluding carboxylic acids is 1. The maximum absolute atomic E-state index is 11.8. The molecule has 0 aromatic heterocycles. The fourth-order valence-corrected chi connectivity index (χ4v) is 1.89. The highest BCUT2D eigenvalue weighted by molar-refractivity contribution is 5.92. The lowest BCUT2D eigenvalue weighted by atomic mass is 10.0. The van der Waals surface area contributed by atoms with Gasteiger partial charge in [0.15, 0.2) is 0 Å². The van der Waals surface area contributed by atoms with E-state index in [0.717, 1.165) is 12.0 Å². The second kappa shape index (κ2) is 7.53. The Balaban J connectivity index is 2.63. The van der Waals surface area contributed by atoms with Crippen LogP contribution < -0.4 is 10.6 Å². The third-order valence-corrected chi connectivity index (χ3v) is 2.90. The van der Waals surface area contributed by atoms with Crippen molar-refractivity contribution in [3.05, 3.63) is 29.8 Å². The Kier molecular flexibility index (Phi) is 6.03. The van der Waals surface area contributed by atoms with Gasteiger partial charge in [-0.3, -0.25) is 0 Å². The summed E-state index contributed by atoms with van der Waals surface area (Å²) >= 11 is 0. The molecule has 110 valence electrons. The van der Waals surface area contributed by atoms with Gasteiger partial charge < -0.3 is 15.7 Å². The first-order chi connectivity index (χ1) is 9.42. The van der Waals surface area contributed by atoms with Crippen molar-refractivity contribution in [3.63, 3.8) is 0 Å². The standard InChI is InChI=1S/C15H22N2O3/c1-4-11-6-5-7-12(9-11)16-15(20)17-13(14(18)19)8-10(2)3/h5-7,9-10,13H,4,8H2,1-3H3,(H,18,19)(H2,16,17,20)/t13-/m1/s1. The summed E-state index contributed by atoms with van der Waals surface area (Å²) in [6, 6.07) is 6.11. The number of aryl methyl sites for hydroxylation is 1. The number of anilines is 1. The van der Waals surface area contributed by atoms with Crippen molar-refractivity contribution in [2.75, 3.05) is 5.32 Å². The van der Waals surface area contributed by atoms with Gasteiger partial charge in [0.05, 0.1) is 0 Å². The largest absolute Gasteiger partial charge is 0.480 e. The molecule has 1 aromatic rings. The van der Waals surface area contributed by atoms with Crippen molar-refractivity contribution in [2.45, 2.75) is 39.7 Å². The van der Waals surface area contributed by atoms with Gasteiger partial charge in [0.25, 0.3) is 0 Å². The van der Waals surface area contributed by atoms with E-state index in [1.165, 1.54) is 0 Å². The lowest BCUT2D eigenvalue weighted by Gasteiger charge is -2.17. The number of carbonyl (C=O) groups is 2. The zero-order valence-corrected chi connectivity index (χ0v) is 12.1. The van der Waals surface area contributed by atoms with E-state index in [0.29, 0.717) is 12.1 Å². The molecule has 5 heteroatoms. The molecule has 0 aliphatic heterocycles. The summed E-state index contributed by atoms with van der Waals surface area (Å²) in [6.07, 6.45) is 1.28. The van der Waals surface area contributed by atoms with Crippen LogP contribution >= 0.6 is 0 Å². The van der Waals surface area contributed by atoms with Crippen molar-refractivity contribution >= 4 is 17.7 Å². The minimum atomic E-state index is -1.02. The zero-order valence-electron chi connectivity index (χ0n) is 12.1. The van der Waals surface area contributed by atoms with E-state index < -0.39 is 18.0 Å². The summed E-state index contributed by atoms with van der Waals surface area (Å²) < 4.78 is 0. The predicted molar refractivity (Wildman–Crippen MR) is 78.9 cm³/mol. The van der Waals surface area contributed by atoms with E-state index in [1.807, 2.05) is 39.0 Å². The lowest BCUT2D eigenvalue weighted by Crippen LogP contribution is -2.43. The highest BCUT2D eigenvalue weighted by Crippen LogP contribution is 2.11. The molecule has 0 fully saturated rings. The van der Waals surface area contributed by atoms with E-state index in [9.17, 15) is 9.59 Å². The summed E-state index contributed by atoms with van der Waals surface area (Å²) in [5.41, 5.74) is 1.77. The van der Waals surface area contributed by atoms with Crippen LogP contribution in [0.2, 0.25) is 0 Å². The number of benzene rings is 1. The number of rotatable bonds is 6. The van der Waals surface area contributed by atoms with E-state index in [1.54, 1.807) is 6.07 Å².